The van der Waals surface area contributed by atoms with Crippen LogP contribution in [0.5, 0.6) is 0 Å². The van der Waals surface area contributed by atoms with E-state index in [1.807, 2.05) is 13.0 Å². The van der Waals surface area contributed by atoms with Gasteiger partial charge in [0.05, 0.1) is 6.04 Å². The highest BCUT2D eigenvalue weighted by atomic mass is 35.5. The minimum atomic E-state index is -0.221. The molecule has 0 saturated carbocycles. The smallest absolute Gasteiger partial charge is 0.241 e. The highest BCUT2D eigenvalue weighted by Gasteiger charge is 2.25. The van der Waals surface area contributed by atoms with Crippen LogP contribution in [0.25, 0.3) is 0 Å². The predicted octanol–water partition coefficient (Wildman–Crippen LogP) is 4.38. The van der Waals surface area contributed by atoms with Gasteiger partial charge in [-0.25, -0.2) is 0 Å². The first kappa shape index (κ1) is 16.3. The van der Waals surface area contributed by atoms with Crippen molar-refractivity contribution < 1.29 is 4.79 Å². The summed E-state index contributed by atoms with van der Waals surface area (Å²) < 4.78 is 0. The summed E-state index contributed by atoms with van der Waals surface area (Å²) >= 11 is 11.9. The van der Waals surface area contributed by atoms with Crippen molar-refractivity contribution in [2.45, 2.75) is 25.9 Å². The number of halogens is 2. The van der Waals surface area contributed by atoms with Gasteiger partial charge in [0, 0.05) is 28.8 Å². The fourth-order valence-electron chi connectivity index (χ4n) is 2.89. The lowest BCUT2D eigenvalue weighted by Crippen LogP contribution is -2.44. The number of amides is 1. The van der Waals surface area contributed by atoms with Crippen molar-refractivity contribution in [3.63, 3.8) is 0 Å². The molecule has 1 unspecified atom stereocenters. The summed E-state index contributed by atoms with van der Waals surface area (Å²) in [6.45, 7) is 3.60. The Hall–Kier alpha value is -1.55. The molecule has 3 nitrogen and oxygen atoms in total. The minimum absolute atomic E-state index is 0.0530. The summed E-state index contributed by atoms with van der Waals surface area (Å²) in [4.78, 5) is 14.7. The van der Waals surface area contributed by atoms with Crippen molar-refractivity contribution in [1.29, 1.82) is 0 Å². The maximum absolute atomic E-state index is 12.5. The van der Waals surface area contributed by atoms with Gasteiger partial charge in [0.15, 0.2) is 0 Å². The minimum Gasteiger partial charge on any atom is -0.325 e. The molecular formula is C18H18Cl2N2O. The van der Waals surface area contributed by atoms with Gasteiger partial charge in [0.2, 0.25) is 5.91 Å². The second kappa shape index (κ2) is 6.91. The van der Waals surface area contributed by atoms with Crippen molar-refractivity contribution in [1.82, 2.24) is 4.90 Å². The van der Waals surface area contributed by atoms with Crippen LogP contribution in [0.15, 0.2) is 42.5 Å². The molecule has 0 saturated heterocycles. The summed E-state index contributed by atoms with van der Waals surface area (Å²) in [5.74, 6) is -0.0530. The number of anilines is 1. The number of nitrogens with zero attached hydrogens (tertiary/aromatic N) is 1. The summed E-state index contributed by atoms with van der Waals surface area (Å²) in [6.07, 6.45) is 0.969. The molecule has 0 fully saturated rings. The Morgan fingerprint density at radius 1 is 1.13 bits per heavy atom. The summed E-state index contributed by atoms with van der Waals surface area (Å²) in [7, 11) is 0. The van der Waals surface area contributed by atoms with E-state index >= 15 is 0 Å². The SMILES string of the molecule is CC(C(=O)Nc1cc(Cl)cc(Cl)c1)N1CCc2ccccc2C1. The van der Waals surface area contributed by atoms with E-state index in [2.05, 4.69) is 28.4 Å². The van der Waals surface area contributed by atoms with E-state index in [0.717, 1.165) is 19.5 Å². The quantitative estimate of drug-likeness (QED) is 0.892. The van der Waals surface area contributed by atoms with E-state index in [1.54, 1.807) is 18.2 Å². The van der Waals surface area contributed by atoms with Gasteiger partial charge in [-0.05, 0) is 42.7 Å². The summed E-state index contributed by atoms with van der Waals surface area (Å²) in [6, 6.07) is 13.2. The normalized spacial score (nSPS) is 15.8. The zero-order valence-corrected chi connectivity index (χ0v) is 14.4. The average molecular weight is 349 g/mol. The Morgan fingerprint density at radius 2 is 1.78 bits per heavy atom. The Kier molecular flexibility index (Phi) is 4.90. The molecule has 0 radical (unpaired) electrons. The van der Waals surface area contributed by atoms with Crippen LogP contribution < -0.4 is 5.32 Å². The molecule has 0 spiro atoms. The number of hydrogen-bond acceptors (Lipinski definition) is 2. The lowest BCUT2D eigenvalue weighted by molar-refractivity contribution is -0.121. The van der Waals surface area contributed by atoms with E-state index in [9.17, 15) is 4.79 Å². The molecule has 1 aliphatic rings. The average Bonchev–Trinajstić information content (AvgIpc) is 2.52. The number of rotatable bonds is 3. The van der Waals surface area contributed by atoms with Crippen molar-refractivity contribution in [2.24, 2.45) is 0 Å². The number of fused-ring (bicyclic) bond motifs is 1. The topological polar surface area (TPSA) is 32.3 Å². The second-order valence-electron chi connectivity index (χ2n) is 5.81. The predicted molar refractivity (Wildman–Crippen MR) is 95.1 cm³/mol. The standard InChI is InChI=1S/C18H18Cl2N2O/c1-12(18(23)21-17-9-15(19)8-16(20)10-17)22-7-6-13-4-2-3-5-14(13)11-22/h2-5,8-10,12H,6-7,11H2,1H3,(H,21,23). The molecule has 120 valence electrons. The molecule has 23 heavy (non-hydrogen) atoms. The monoisotopic (exact) mass is 348 g/mol. The fraction of sp³-hybridized carbons (Fsp3) is 0.278. The summed E-state index contributed by atoms with van der Waals surface area (Å²) in [5.41, 5.74) is 3.29. The van der Waals surface area contributed by atoms with Crippen LogP contribution in [-0.4, -0.2) is 23.4 Å². The largest absolute Gasteiger partial charge is 0.325 e. The molecular weight excluding hydrogens is 331 g/mol. The van der Waals surface area contributed by atoms with Crippen molar-refractivity contribution >= 4 is 34.8 Å². The highest BCUT2D eigenvalue weighted by molar-refractivity contribution is 6.35. The zero-order chi connectivity index (χ0) is 16.4. The molecule has 2 aromatic rings. The molecule has 1 atom stereocenters. The molecule has 1 heterocycles. The van der Waals surface area contributed by atoms with Gasteiger partial charge < -0.3 is 5.32 Å². The third kappa shape index (κ3) is 3.86. The summed E-state index contributed by atoms with van der Waals surface area (Å²) in [5, 5.41) is 3.91. The van der Waals surface area contributed by atoms with Crippen LogP contribution >= 0.6 is 23.2 Å². The first-order valence-corrected chi connectivity index (χ1v) is 8.36. The highest BCUT2D eigenvalue weighted by Crippen LogP contribution is 2.24. The first-order valence-electron chi connectivity index (χ1n) is 7.61. The second-order valence-corrected chi connectivity index (χ2v) is 6.69. The van der Waals surface area contributed by atoms with Gasteiger partial charge in [-0.3, -0.25) is 9.69 Å². The fourth-order valence-corrected chi connectivity index (χ4v) is 3.41. The lowest BCUT2D eigenvalue weighted by Gasteiger charge is -2.32. The number of carbonyl (C=O) groups excluding carboxylic acids is 1. The molecule has 2 aromatic carbocycles. The number of nitrogens with one attached hydrogen (secondary N) is 1. The Balaban J connectivity index is 1.68. The Bertz CT molecular complexity index is 712. The third-order valence-corrected chi connectivity index (χ3v) is 4.65. The molecule has 1 aliphatic heterocycles. The van der Waals surface area contributed by atoms with Gasteiger partial charge in [0.1, 0.15) is 0 Å². The van der Waals surface area contributed by atoms with Gasteiger partial charge in [0.25, 0.3) is 0 Å². The maximum atomic E-state index is 12.5. The van der Waals surface area contributed by atoms with E-state index in [4.69, 9.17) is 23.2 Å². The number of carbonyl (C=O) groups is 1. The van der Waals surface area contributed by atoms with Gasteiger partial charge in [-0.2, -0.15) is 0 Å². The molecule has 0 bridgehead atoms. The van der Waals surface area contributed by atoms with Crippen LogP contribution in [-0.2, 0) is 17.8 Å². The van der Waals surface area contributed by atoms with Crippen LogP contribution in [0.2, 0.25) is 10.0 Å². The van der Waals surface area contributed by atoms with Crippen LogP contribution in [0, 0.1) is 0 Å². The van der Waals surface area contributed by atoms with Gasteiger partial charge in [-0.1, -0.05) is 47.5 Å². The maximum Gasteiger partial charge on any atom is 0.241 e. The molecule has 0 aliphatic carbocycles. The Morgan fingerprint density at radius 3 is 2.48 bits per heavy atom. The van der Waals surface area contributed by atoms with Crippen LogP contribution in [0.3, 0.4) is 0 Å². The van der Waals surface area contributed by atoms with Gasteiger partial charge >= 0.3 is 0 Å². The third-order valence-electron chi connectivity index (χ3n) is 4.22. The lowest BCUT2D eigenvalue weighted by atomic mass is 9.99. The molecule has 1 amide bonds. The molecule has 0 aromatic heterocycles. The van der Waals surface area contributed by atoms with E-state index < -0.39 is 0 Å². The van der Waals surface area contributed by atoms with Crippen LogP contribution in [0.4, 0.5) is 5.69 Å². The van der Waals surface area contributed by atoms with Crippen LogP contribution in [0.1, 0.15) is 18.1 Å². The van der Waals surface area contributed by atoms with Crippen molar-refractivity contribution in [3.05, 3.63) is 63.6 Å². The van der Waals surface area contributed by atoms with Gasteiger partial charge in [-0.15, -0.1) is 0 Å². The Labute approximate surface area is 146 Å². The van der Waals surface area contributed by atoms with E-state index in [-0.39, 0.29) is 11.9 Å². The molecule has 1 N–H and O–H groups in total. The number of benzene rings is 2. The molecule has 5 heteroatoms. The van der Waals surface area contributed by atoms with Crippen molar-refractivity contribution in [3.8, 4) is 0 Å². The van der Waals surface area contributed by atoms with E-state index in [1.165, 1.54) is 11.1 Å². The molecule has 3 rings (SSSR count). The van der Waals surface area contributed by atoms with Crippen molar-refractivity contribution in [2.75, 3.05) is 11.9 Å². The zero-order valence-electron chi connectivity index (χ0n) is 12.9. The van der Waals surface area contributed by atoms with E-state index in [0.29, 0.717) is 15.7 Å². The number of hydrogen-bond donors (Lipinski definition) is 1. The first-order chi connectivity index (χ1) is 11.0.